The monoisotopic (exact) mass is 326 g/mol. The van der Waals surface area contributed by atoms with Gasteiger partial charge in [0, 0.05) is 6.61 Å². The molecule has 1 fully saturated rings. The van der Waals surface area contributed by atoms with E-state index in [0.717, 1.165) is 31.6 Å². The lowest BCUT2D eigenvalue weighted by Crippen LogP contribution is -2.24. The summed E-state index contributed by atoms with van der Waals surface area (Å²) in [5, 5.41) is 0. The zero-order valence-electron chi connectivity index (χ0n) is 14.3. The topological polar surface area (TPSA) is 27.7 Å². The molecule has 0 bridgehead atoms. The molecule has 1 aliphatic rings. The first kappa shape index (κ1) is 17.0. The summed E-state index contributed by atoms with van der Waals surface area (Å²) < 4.78 is 17.7. The molecule has 1 aliphatic heterocycles. The molecule has 2 unspecified atom stereocenters. The molecule has 3 nitrogen and oxygen atoms in total. The predicted octanol–water partition coefficient (Wildman–Crippen LogP) is 5.26. The zero-order valence-corrected chi connectivity index (χ0v) is 14.3. The molecule has 0 saturated carbocycles. The number of hydrogen-bond acceptors (Lipinski definition) is 3. The second-order valence-electron chi connectivity index (χ2n) is 6.17. The van der Waals surface area contributed by atoms with E-state index < -0.39 is 0 Å². The molecule has 3 rings (SSSR count). The molecule has 0 N–H and O–H groups in total. The van der Waals surface area contributed by atoms with Crippen LogP contribution in [0.5, 0.6) is 5.75 Å². The van der Waals surface area contributed by atoms with E-state index in [1.807, 2.05) is 30.3 Å². The molecule has 0 aromatic heterocycles. The predicted molar refractivity (Wildman–Crippen MR) is 94.9 cm³/mol. The van der Waals surface area contributed by atoms with Crippen molar-refractivity contribution in [2.45, 2.75) is 51.6 Å². The van der Waals surface area contributed by atoms with E-state index >= 15 is 0 Å². The van der Waals surface area contributed by atoms with Crippen LogP contribution in [0, 0.1) is 0 Å². The second kappa shape index (κ2) is 8.86. The van der Waals surface area contributed by atoms with Crippen molar-refractivity contribution in [1.29, 1.82) is 0 Å². The van der Waals surface area contributed by atoms with Crippen molar-refractivity contribution < 1.29 is 14.2 Å². The van der Waals surface area contributed by atoms with Crippen LogP contribution in [0.3, 0.4) is 0 Å². The summed E-state index contributed by atoms with van der Waals surface area (Å²) >= 11 is 0. The van der Waals surface area contributed by atoms with Gasteiger partial charge in [-0.1, -0.05) is 49.4 Å². The van der Waals surface area contributed by atoms with Gasteiger partial charge in [-0.15, -0.1) is 0 Å². The van der Waals surface area contributed by atoms with Gasteiger partial charge in [-0.3, -0.25) is 0 Å². The third kappa shape index (κ3) is 4.83. The van der Waals surface area contributed by atoms with Crippen LogP contribution in [0.15, 0.2) is 54.6 Å². The molecule has 0 spiro atoms. The van der Waals surface area contributed by atoms with Gasteiger partial charge in [0.25, 0.3) is 0 Å². The minimum Gasteiger partial charge on any atom is -0.489 e. The van der Waals surface area contributed by atoms with Gasteiger partial charge < -0.3 is 14.2 Å². The Hall–Kier alpha value is -1.84. The van der Waals surface area contributed by atoms with Crippen LogP contribution in [-0.2, 0) is 16.1 Å². The molecular weight excluding hydrogens is 300 g/mol. The van der Waals surface area contributed by atoms with Crippen molar-refractivity contribution in [3.8, 4) is 5.75 Å². The molecule has 1 saturated heterocycles. The molecule has 24 heavy (non-hydrogen) atoms. The van der Waals surface area contributed by atoms with E-state index in [1.54, 1.807) is 0 Å². The zero-order chi connectivity index (χ0) is 16.6. The van der Waals surface area contributed by atoms with Crippen molar-refractivity contribution in [1.82, 2.24) is 0 Å². The highest BCUT2D eigenvalue weighted by Gasteiger charge is 2.20. The molecule has 128 valence electrons. The smallest absolute Gasteiger partial charge is 0.158 e. The first-order valence-corrected chi connectivity index (χ1v) is 8.89. The Morgan fingerprint density at radius 2 is 1.83 bits per heavy atom. The summed E-state index contributed by atoms with van der Waals surface area (Å²) in [4.78, 5) is 0. The molecule has 3 heteroatoms. The van der Waals surface area contributed by atoms with Crippen LogP contribution in [0.2, 0.25) is 0 Å². The van der Waals surface area contributed by atoms with Gasteiger partial charge in [0.05, 0.1) is 6.10 Å². The molecule has 0 amide bonds. The lowest BCUT2D eigenvalue weighted by atomic mass is 10.1. The summed E-state index contributed by atoms with van der Waals surface area (Å²) in [5.41, 5.74) is 2.35. The maximum atomic E-state index is 6.13. The Labute approximate surface area is 144 Å². The van der Waals surface area contributed by atoms with Gasteiger partial charge in [-0.2, -0.15) is 0 Å². The summed E-state index contributed by atoms with van der Waals surface area (Å²) in [6.45, 7) is 3.55. The minimum atomic E-state index is -0.0577. The number of rotatable bonds is 7. The van der Waals surface area contributed by atoms with Gasteiger partial charge in [-0.25, -0.2) is 0 Å². The van der Waals surface area contributed by atoms with Crippen LogP contribution in [0.25, 0.3) is 0 Å². The van der Waals surface area contributed by atoms with E-state index in [1.165, 1.54) is 17.5 Å². The third-order valence-corrected chi connectivity index (χ3v) is 4.32. The normalized spacial score (nSPS) is 19.0. The van der Waals surface area contributed by atoms with Gasteiger partial charge in [0.1, 0.15) is 12.4 Å². The molecule has 0 radical (unpaired) electrons. The van der Waals surface area contributed by atoms with E-state index in [9.17, 15) is 0 Å². The number of benzene rings is 2. The first-order valence-electron chi connectivity index (χ1n) is 8.89. The summed E-state index contributed by atoms with van der Waals surface area (Å²) in [7, 11) is 0. The summed E-state index contributed by atoms with van der Waals surface area (Å²) in [6, 6.07) is 18.4. The SMILES string of the molecule is CCC(OC1CCCCO1)c1ccc(OCc2ccccc2)cc1. The van der Waals surface area contributed by atoms with Crippen LogP contribution >= 0.6 is 0 Å². The van der Waals surface area contributed by atoms with Crippen molar-refractivity contribution in [3.05, 3.63) is 65.7 Å². The average molecular weight is 326 g/mol. The average Bonchev–Trinajstić information content (AvgIpc) is 2.67. The Morgan fingerprint density at radius 1 is 1.04 bits per heavy atom. The van der Waals surface area contributed by atoms with Crippen LogP contribution < -0.4 is 4.74 Å². The van der Waals surface area contributed by atoms with Gasteiger partial charge in [-0.05, 0) is 48.9 Å². The minimum absolute atomic E-state index is 0.0577. The van der Waals surface area contributed by atoms with Gasteiger partial charge in [0.15, 0.2) is 6.29 Å². The highest BCUT2D eigenvalue weighted by atomic mass is 16.7. The van der Waals surface area contributed by atoms with E-state index in [2.05, 4.69) is 31.2 Å². The molecule has 2 atom stereocenters. The van der Waals surface area contributed by atoms with Crippen molar-refractivity contribution >= 4 is 0 Å². The Kier molecular flexibility index (Phi) is 6.27. The first-order chi connectivity index (χ1) is 11.8. The largest absolute Gasteiger partial charge is 0.489 e. The quantitative estimate of drug-likeness (QED) is 0.694. The highest BCUT2D eigenvalue weighted by molar-refractivity contribution is 5.29. The van der Waals surface area contributed by atoms with Crippen molar-refractivity contribution in [2.24, 2.45) is 0 Å². The second-order valence-corrected chi connectivity index (χ2v) is 6.17. The third-order valence-electron chi connectivity index (χ3n) is 4.32. The molecule has 0 aliphatic carbocycles. The molecule has 1 heterocycles. The standard InChI is InChI=1S/C21H26O3/c1-2-20(24-21-10-6-7-15-22-21)18-11-13-19(14-12-18)23-16-17-8-4-3-5-9-17/h3-5,8-9,11-14,20-21H,2,6-7,10,15-16H2,1H3. The molecule has 2 aromatic rings. The number of hydrogen-bond donors (Lipinski definition) is 0. The fourth-order valence-electron chi connectivity index (χ4n) is 2.93. The van der Waals surface area contributed by atoms with Crippen LogP contribution in [0.1, 0.15) is 49.8 Å². The fraction of sp³-hybridized carbons (Fsp3) is 0.429. The Morgan fingerprint density at radius 3 is 2.50 bits per heavy atom. The van der Waals surface area contributed by atoms with E-state index in [4.69, 9.17) is 14.2 Å². The lowest BCUT2D eigenvalue weighted by Gasteiger charge is -2.27. The maximum Gasteiger partial charge on any atom is 0.158 e. The van der Waals surface area contributed by atoms with Crippen LogP contribution in [-0.4, -0.2) is 12.9 Å². The van der Waals surface area contributed by atoms with Gasteiger partial charge in [0.2, 0.25) is 0 Å². The van der Waals surface area contributed by atoms with E-state index in [0.29, 0.717) is 6.61 Å². The Balaban J connectivity index is 1.55. The lowest BCUT2D eigenvalue weighted by molar-refractivity contribution is -0.190. The van der Waals surface area contributed by atoms with Gasteiger partial charge >= 0.3 is 0 Å². The summed E-state index contributed by atoms with van der Waals surface area (Å²) in [6.07, 6.45) is 4.28. The summed E-state index contributed by atoms with van der Waals surface area (Å²) in [5.74, 6) is 0.881. The van der Waals surface area contributed by atoms with Crippen molar-refractivity contribution in [3.63, 3.8) is 0 Å². The van der Waals surface area contributed by atoms with E-state index in [-0.39, 0.29) is 12.4 Å². The highest BCUT2D eigenvalue weighted by Crippen LogP contribution is 2.28. The Bertz CT molecular complexity index is 588. The molecular formula is C21H26O3. The number of ether oxygens (including phenoxy) is 3. The maximum absolute atomic E-state index is 6.13. The molecule has 2 aromatic carbocycles. The van der Waals surface area contributed by atoms with Crippen LogP contribution in [0.4, 0.5) is 0 Å². The van der Waals surface area contributed by atoms with Crippen molar-refractivity contribution in [2.75, 3.05) is 6.61 Å². The fourth-order valence-corrected chi connectivity index (χ4v) is 2.93.